The van der Waals surface area contributed by atoms with Crippen molar-refractivity contribution < 1.29 is 0 Å². The van der Waals surface area contributed by atoms with Gasteiger partial charge in [0.05, 0.1) is 34.4 Å². The minimum Gasteiger partial charge on any atom is -0.397 e. The summed E-state index contributed by atoms with van der Waals surface area (Å²) in [6, 6.07) is 18.5. The van der Waals surface area contributed by atoms with Crippen LogP contribution < -0.4 is 5.73 Å². The summed E-state index contributed by atoms with van der Waals surface area (Å²) in [5, 5.41) is 16.3. The van der Waals surface area contributed by atoms with Crippen molar-refractivity contribution in [2.45, 2.75) is 19.3 Å². The van der Waals surface area contributed by atoms with Gasteiger partial charge in [0.15, 0.2) is 0 Å². The quantitative estimate of drug-likeness (QED) is 0.433. The number of hydrogen-bond acceptors (Lipinski definition) is 5. The molecule has 156 valence electrons. The molecule has 0 saturated carbocycles. The Hall–Kier alpha value is -4.24. The first-order valence-electron chi connectivity index (χ1n) is 10.4. The van der Waals surface area contributed by atoms with Crippen molar-refractivity contribution >= 4 is 27.5 Å². The molecule has 0 fully saturated rings. The van der Waals surface area contributed by atoms with Gasteiger partial charge >= 0.3 is 0 Å². The third-order valence-corrected chi connectivity index (χ3v) is 5.94. The first-order valence-corrected chi connectivity index (χ1v) is 10.4. The molecule has 0 aliphatic carbocycles. The molecule has 0 amide bonds. The molecule has 2 N–H and O–H groups in total. The highest BCUT2D eigenvalue weighted by atomic mass is 15.3. The van der Waals surface area contributed by atoms with Crippen LogP contribution in [0.5, 0.6) is 0 Å². The molecule has 0 radical (unpaired) electrons. The topological polar surface area (TPSA) is 93.4 Å². The first kappa shape index (κ1) is 19.7. The Labute approximate surface area is 186 Å². The minimum absolute atomic E-state index is 0.540. The van der Waals surface area contributed by atoms with Gasteiger partial charge in [-0.05, 0) is 43.2 Å². The third kappa shape index (κ3) is 3.15. The molecule has 0 aliphatic rings. The van der Waals surface area contributed by atoms with Crippen molar-refractivity contribution in [3.63, 3.8) is 0 Å². The number of rotatable bonds is 3. The van der Waals surface area contributed by atoms with Crippen molar-refractivity contribution in [1.82, 2.24) is 19.7 Å². The molecular weight excluding hydrogens is 396 g/mol. The number of nitrogens with zero attached hydrogens (tertiary/aromatic N) is 5. The molecule has 0 saturated heterocycles. The van der Waals surface area contributed by atoms with Crippen molar-refractivity contribution in [3.8, 4) is 28.5 Å². The number of fused-ring (bicyclic) bond motifs is 3. The Morgan fingerprint density at radius 3 is 2.41 bits per heavy atom. The standard InChI is InChI=1S/C26H22N6/c1-26(2,15-27)19-7-4-16(5-8-19)25-24-21-11-17(18-10-20(28)13-29-12-18)6-9-22(21)30-14-23(24)32(3)31-25/h4-14H,28H2,1-3H3. The van der Waals surface area contributed by atoms with E-state index in [2.05, 4.69) is 22.1 Å². The van der Waals surface area contributed by atoms with Crippen LogP contribution in [0.2, 0.25) is 0 Å². The van der Waals surface area contributed by atoms with E-state index in [1.54, 1.807) is 6.20 Å². The molecule has 3 aromatic heterocycles. The van der Waals surface area contributed by atoms with Gasteiger partial charge in [-0.1, -0.05) is 30.3 Å². The van der Waals surface area contributed by atoms with Gasteiger partial charge in [-0.2, -0.15) is 10.4 Å². The van der Waals surface area contributed by atoms with Crippen LogP contribution in [-0.2, 0) is 12.5 Å². The summed E-state index contributed by atoms with van der Waals surface area (Å²) in [5.41, 5.74) is 12.7. The molecule has 2 aromatic carbocycles. The summed E-state index contributed by atoms with van der Waals surface area (Å²) in [6.07, 6.45) is 5.31. The number of pyridine rings is 2. The molecule has 5 rings (SSSR count). The van der Waals surface area contributed by atoms with Gasteiger partial charge in [-0.15, -0.1) is 0 Å². The van der Waals surface area contributed by atoms with E-state index >= 15 is 0 Å². The largest absolute Gasteiger partial charge is 0.397 e. The lowest BCUT2D eigenvalue weighted by Crippen LogP contribution is -2.13. The summed E-state index contributed by atoms with van der Waals surface area (Å²) in [4.78, 5) is 8.88. The van der Waals surface area contributed by atoms with Crippen LogP contribution in [-0.4, -0.2) is 19.7 Å². The summed E-state index contributed by atoms with van der Waals surface area (Å²) in [7, 11) is 1.93. The molecule has 0 unspecified atom stereocenters. The third-order valence-electron chi connectivity index (χ3n) is 5.94. The number of anilines is 1. The van der Waals surface area contributed by atoms with Crippen LogP contribution in [0.15, 0.2) is 67.1 Å². The SMILES string of the molecule is Cn1nc(-c2ccc(C(C)(C)C#N)cc2)c2c3cc(-c4cncc(N)c4)ccc3ncc21. The number of nitriles is 1. The number of aryl methyl sites for hydroxylation is 1. The van der Waals surface area contributed by atoms with Gasteiger partial charge in [0.25, 0.3) is 0 Å². The number of nitrogen functional groups attached to an aromatic ring is 1. The van der Waals surface area contributed by atoms with Crippen molar-refractivity contribution in [3.05, 3.63) is 72.7 Å². The Balaban J connectivity index is 1.73. The van der Waals surface area contributed by atoms with Crippen LogP contribution in [0.3, 0.4) is 0 Å². The lowest BCUT2D eigenvalue weighted by molar-refractivity contribution is 0.687. The van der Waals surface area contributed by atoms with Crippen LogP contribution in [0, 0.1) is 11.3 Å². The van der Waals surface area contributed by atoms with Crippen molar-refractivity contribution in [2.75, 3.05) is 5.73 Å². The minimum atomic E-state index is -0.540. The van der Waals surface area contributed by atoms with Gasteiger partial charge in [0.1, 0.15) is 5.69 Å². The van der Waals surface area contributed by atoms with Crippen molar-refractivity contribution in [2.24, 2.45) is 7.05 Å². The second-order valence-electron chi connectivity index (χ2n) is 8.54. The highest BCUT2D eigenvalue weighted by Gasteiger charge is 2.20. The van der Waals surface area contributed by atoms with E-state index in [1.807, 2.05) is 80.4 Å². The van der Waals surface area contributed by atoms with E-state index in [9.17, 15) is 5.26 Å². The second kappa shape index (κ2) is 7.17. The summed E-state index contributed by atoms with van der Waals surface area (Å²) in [5.74, 6) is 0. The Kier molecular flexibility index (Phi) is 4.42. The maximum atomic E-state index is 9.45. The monoisotopic (exact) mass is 418 g/mol. The Morgan fingerprint density at radius 2 is 1.69 bits per heavy atom. The molecule has 6 heteroatoms. The van der Waals surface area contributed by atoms with E-state index < -0.39 is 5.41 Å². The van der Waals surface area contributed by atoms with E-state index in [0.29, 0.717) is 5.69 Å². The van der Waals surface area contributed by atoms with Gasteiger partial charge in [0, 0.05) is 41.3 Å². The lowest BCUT2D eigenvalue weighted by atomic mass is 9.86. The zero-order chi connectivity index (χ0) is 22.5. The van der Waals surface area contributed by atoms with Gasteiger partial charge < -0.3 is 5.73 Å². The average Bonchev–Trinajstić information content (AvgIpc) is 3.15. The summed E-state index contributed by atoms with van der Waals surface area (Å²) < 4.78 is 1.86. The van der Waals surface area contributed by atoms with Gasteiger partial charge in [-0.25, -0.2) is 0 Å². The van der Waals surface area contributed by atoms with Crippen LogP contribution in [0.4, 0.5) is 5.69 Å². The normalized spacial score (nSPS) is 11.7. The molecule has 0 bridgehead atoms. The molecule has 0 aliphatic heterocycles. The Morgan fingerprint density at radius 1 is 0.938 bits per heavy atom. The van der Waals surface area contributed by atoms with E-state index in [4.69, 9.17) is 10.8 Å². The zero-order valence-electron chi connectivity index (χ0n) is 18.2. The number of nitrogens with two attached hydrogens (primary N) is 1. The Bertz CT molecular complexity index is 1520. The molecule has 3 heterocycles. The highest BCUT2D eigenvalue weighted by Crippen LogP contribution is 2.35. The molecule has 0 atom stereocenters. The number of hydrogen-bond donors (Lipinski definition) is 1. The maximum Gasteiger partial charge on any atom is 0.101 e. The molecule has 5 aromatic rings. The van der Waals surface area contributed by atoms with E-state index in [1.165, 1.54) is 0 Å². The summed E-state index contributed by atoms with van der Waals surface area (Å²) in [6.45, 7) is 3.84. The van der Waals surface area contributed by atoms with E-state index in [-0.39, 0.29) is 0 Å². The highest BCUT2D eigenvalue weighted by molar-refractivity contribution is 6.12. The smallest absolute Gasteiger partial charge is 0.101 e. The molecule has 32 heavy (non-hydrogen) atoms. The molecule has 6 nitrogen and oxygen atoms in total. The first-order chi connectivity index (χ1) is 15.4. The molecule has 0 spiro atoms. The number of aromatic nitrogens is 4. The second-order valence-corrected chi connectivity index (χ2v) is 8.54. The fraction of sp³-hybridized carbons (Fsp3) is 0.154. The lowest BCUT2D eigenvalue weighted by Gasteiger charge is -2.15. The van der Waals surface area contributed by atoms with Gasteiger partial charge in [-0.3, -0.25) is 14.6 Å². The maximum absolute atomic E-state index is 9.45. The van der Waals surface area contributed by atoms with Crippen LogP contribution >= 0.6 is 0 Å². The van der Waals surface area contributed by atoms with Crippen LogP contribution in [0.1, 0.15) is 19.4 Å². The van der Waals surface area contributed by atoms with Gasteiger partial charge in [0.2, 0.25) is 0 Å². The van der Waals surface area contributed by atoms with Crippen molar-refractivity contribution in [1.29, 1.82) is 5.26 Å². The van der Waals surface area contributed by atoms with E-state index in [0.717, 1.165) is 49.8 Å². The zero-order valence-corrected chi connectivity index (χ0v) is 18.2. The summed E-state index contributed by atoms with van der Waals surface area (Å²) >= 11 is 0. The van der Waals surface area contributed by atoms with Crippen LogP contribution in [0.25, 0.3) is 44.2 Å². The fourth-order valence-corrected chi connectivity index (χ4v) is 4.04. The average molecular weight is 419 g/mol. The fourth-order valence-electron chi connectivity index (χ4n) is 4.04. The predicted octanol–water partition coefficient (Wildman–Crippen LogP) is 5.23. The number of benzene rings is 2. The predicted molar refractivity (Wildman–Crippen MR) is 128 cm³/mol. The molecular formula is C26H22N6.